The number of carboxylic acid groups (broad SMARTS) is 1. The predicted molar refractivity (Wildman–Crippen MR) is 97.8 cm³/mol. The first-order valence-corrected chi connectivity index (χ1v) is 9.49. The lowest BCUT2D eigenvalue weighted by molar-refractivity contribution is -0.167. The Hall–Kier alpha value is -1.92. The third kappa shape index (κ3) is 3.35. The number of amides is 1. The second-order valence-corrected chi connectivity index (χ2v) is 7.13. The molecule has 0 bridgehead atoms. The zero-order valence-corrected chi connectivity index (χ0v) is 15.6. The van der Waals surface area contributed by atoms with Crippen molar-refractivity contribution in [3.63, 3.8) is 0 Å². The Morgan fingerprint density at radius 3 is 2.42 bits per heavy atom. The number of hydrogen-bond donors (Lipinski definition) is 1. The Bertz CT molecular complexity index is 640. The number of benzene rings is 1. The van der Waals surface area contributed by atoms with Crippen LogP contribution in [0.4, 0.5) is 0 Å². The van der Waals surface area contributed by atoms with Gasteiger partial charge in [0.2, 0.25) is 5.91 Å². The summed E-state index contributed by atoms with van der Waals surface area (Å²) in [5.41, 5.74) is 0.144. The average molecular weight is 360 g/mol. The highest BCUT2D eigenvalue weighted by atomic mass is 16.5. The molecule has 0 saturated carbocycles. The van der Waals surface area contributed by atoms with E-state index in [-0.39, 0.29) is 18.4 Å². The summed E-state index contributed by atoms with van der Waals surface area (Å²) in [6.07, 6.45) is 1.94. The zero-order valence-electron chi connectivity index (χ0n) is 15.6. The minimum absolute atomic E-state index is 0.0679. The summed E-state index contributed by atoms with van der Waals surface area (Å²) in [5.74, 6) is -1.47. The second-order valence-electron chi connectivity index (χ2n) is 7.13. The van der Waals surface area contributed by atoms with Crippen LogP contribution in [-0.4, -0.2) is 64.8 Å². The van der Waals surface area contributed by atoms with Gasteiger partial charge < -0.3 is 14.7 Å². The van der Waals surface area contributed by atoms with Crippen LogP contribution in [0.5, 0.6) is 0 Å². The van der Waals surface area contributed by atoms with Gasteiger partial charge in [-0.2, -0.15) is 0 Å². The van der Waals surface area contributed by atoms with Gasteiger partial charge in [0.05, 0.1) is 12.5 Å². The Morgan fingerprint density at radius 1 is 1.23 bits per heavy atom. The van der Waals surface area contributed by atoms with Gasteiger partial charge in [0.15, 0.2) is 6.04 Å². The van der Waals surface area contributed by atoms with Gasteiger partial charge in [0.25, 0.3) is 0 Å². The molecule has 0 aromatic heterocycles. The molecule has 6 nitrogen and oxygen atoms in total. The van der Waals surface area contributed by atoms with Crippen LogP contribution in [0.2, 0.25) is 0 Å². The molecule has 2 aliphatic rings. The highest BCUT2D eigenvalue weighted by Crippen LogP contribution is 2.40. The van der Waals surface area contributed by atoms with Crippen LogP contribution >= 0.6 is 0 Å². The maximum atomic E-state index is 13.5. The number of rotatable bonds is 5. The number of nitrogens with zero attached hydrogens (tertiary/aromatic N) is 2. The van der Waals surface area contributed by atoms with Crippen molar-refractivity contribution in [2.45, 2.75) is 50.8 Å². The maximum absolute atomic E-state index is 13.5. The first-order valence-electron chi connectivity index (χ1n) is 9.49. The molecule has 26 heavy (non-hydrogen) atoms. The van der Waals surface area contributed by atoms with Crippen molar-refractivity contribution in [2.24, 2.45) is 0 Å². The second kappa shape index (κ2) is 7.76. The van der Waals surface area contributed by atoms with E-state index in [4.69, 9.17) is 4.74 Å². The molecule has 1 aromatic carbocycles. The normalized spacial score (nSPS) is 23.9. The largest absolute Gasteiger partial charge is 0.480 e. The molecule has 0 unspecified atom stereocenters. The van der Waals surface area contributed by atoms with Crippen LogP contribution in [0.15, 0.2) is 30.3 Å². The summed E-state index contributed by atoms with van der Waals surface area (Å²) in [4.78, 5) is 29.2. The Labute approximate surface area is 154 Å². The summed E-state index contributed by atoms with van der Waals surface area (Å²) in [6, 6.07) is 8.71. The van der Waals surface area contributed by atoms with E-state index in [0.29, 0.717) is 19.3 Å². The van der Waals surface area contributed by atoms with E-state index in [9.17, 15) is 14.7 Å². The number of carbonyl (C=O) groups is 2. The maximum Gasteiger partial charge on any atom is 0.328 e. The Kier molecular flexibility index (Phi) is 5.63. The molecule has 3 rings (SSSR count). The minimum atomic E-state index is -0.990. The summed E-state index contributed by atoms with van der Waals surface area (Å²) in [7, 11) is 0. The molecule has 2 saturated heterocycles. The fourth-order valence-electron chi connectivity index (χ4n) is 4.21. The van der Waals surface area contributed by atoms with E-state index >= 15 is 0 Å². The molecule has 142 valence electrons. The molecule has 1 N–H and O–H groups in total. The van der Waals surface area contributed by atoms with E-state index in [1.807, 2.05) is 37.3 Å². The third-order valence-electron chi connectivity index (χ3n) is 5.78. The van der Waals surface area contributed by atoms with Crippen LogP contribution in [0.25, 0.3) is 0 Å². The predicted octanol–water partition coefficient (Wildman–Crippen LogP) is 2.30. The van der Waals surface area contributed by atoms with Gasteiger partial charge in [0, 0.05) is 25.9 Å². The summed E-state index contributed by atoms with van der Waals surface area (Å²) in [5, 5.41) is 9.69. The fraction of sp³-hybridized carbons (Fsp3) is 0.600. The molecule has 0 radical (unpaired) electrons. The molecule has 2 aliphatic heterocycles. The van der Waals surface area contributed by atoms with Crippen LogP contribution in [0, 0.1) is 0 Å². The van der Waals surface area contributed by atoms with Crippen molar-refractivity contribution < 1.29 is 19.4 Å². The van der Waals surface area contributed by atoms with Gasteiger partial charge in [-0.25, -0.2) is 4.79 Å². The van der Waals surface area contributed by atoms with Crippen LogP contribution in [0.1, 0.15) is 44.6 Å². The third-order valence-corrected chi connectivity index (χ3v) is 5.78. The van der Waals surface area contributed by atoms with Crippen molar-refractivity contribution in [1.82, 2.24) is 9.80 Å². The minimum Gasteiger partial charge on any atom is -0.480 e. The highest BCUT2D eigenvalue weighted by Gasteiger charge is 2.54. The summed E-state index contributed by atoms with van der Waals surface area (Å²) < 4.78 is 6.01. The van der Waals surface area contributed by atoms with Crippen LogP contribution < -0.4 is 0 Å². The number of carboxylic acids is 1. The molecule has 1 aromatic rings. The lowest BCUT2D eigenvalue weighted by atomic mass is 9.91. The van der Waals surface area contributed by atoms with Crippen LogP contribution in [-0.2, 0) is 14.3 Å². The smallest absolute Gasteiger partial charge is 0.328 e. The van der Waals surface area contributed by atoms with Crippen molar-refractivity contribution in [2.75, 3.05) is 26.2 Å². The molecule has 1 amide bonds. The molecule has 6 heteroatoms. The van der Waals surface area contributed by atoms with Gasteiger partial charge in [-0.1, -0.05) is 44.2 Å². The number of carbonyl (C=O) groups excluding carboxylic acids is 1. The molecule has 2 atom stereocenters. The van der Waals surface area contributed by atoms with Gasteiger partial charge in [0.1, 0.15) is 5.72 Å². The van der Waals surface area contributed by atoms with Gasteiger partial charge in [-0.15, -0.1) is 0 Å². The topological polar surface area (TPSA) is 70.1 Å². The molecule has 2 heterocycles. The van der Waals surface area contributed by atoms with E-state index in [1.165, 1.54) is 0 Å². The highest BCUT2D eigenvalue weighted by molar-refractivity contribution is 5.89. The monoisotopic (exact) mass is 360 g/mol. The summed E-state index contributed by atoms with van der Waals surface area (Å²) >= 11 is 0. The lowest BCUT2D eigenvalue weighted by Crippen LogP contribution is -2.59. The number of aliphatic carboxylic acids is 1. The fourth-order valence-corrected chi connectivity index (χ4v) is 4.21. The zero-order chi connectivity index (χ0) is 18.7. The van der Waals surface area contributed by atoms with Crippen molar-refractivity contribution in [1.29, 1.82) is 0 Å². The summed E-state index contributed by atoms with van der Waals surface area (Å²) in [6.45, 7) is 6.73. The number of likely N-dealkylation sites (tertiary alicyclic amines) is 1. The molecule has 2 fully saturated rings. The number of hydrogen-bond acceptors (Lipinski definition) is 4. The lowest BCUT2D eigenvalue weighted by Gasteiger charge is -2.45. The SMILES string of the molecule is CC[C@@H](C(=O)N1[C@H](C(=O)O)COC12CCN(CC)CC2)c1ccccc1. The van der Waals surface area contributed by atoms with Crippen LogP contribution in [0.3, 0.4) is 0 Å². The number of piperidine rings is 1. The van der Waals surface area contributed by atoms with Crippen molar-refractivity contribution in [3.05, 3.63) is 35.9 Å². The molecule has 0 aliphatic carbocycles. The Morgan fingerprint density at radius 2 is 1.88 bits per heavy atom. The number of ether oxygens (including phenoxy) is 1. The van der Waals surface area contributed by atoms with E-state index in [2.05, 4.69) is 11.8 Å². The van der Waals surface area contributed by atoms with E-state index < -0.39 is 17.7 Å². The first kappa shape index (κ1) is 18.9. The van der Waals surface area contributed by atoms with Crippen molar-refractivity contribution in [3.8, 4) is 0 Å². The van der Waals surface area contributed by atoms with E-state index in [0.717, 1.165) is 25.2 Å². The Balaban J connectivity index is 1.91. The van der Waals surface area contributed by atoms with Gasteiger partial charge >= 0.3 is 5.97 Å². The molecular weight excluding hydrogens is 332 g/mol. The quantitative estimate of drug-likeness (QED) is 0.873. The van der Waals surface area contributed by atoms with Crippen molar-refractivity contribution >= 4 is 11.9 Å². The molecular formula is C20H28N2O4. The first-order chi connectivity index (χ1) is 12.5. The van der Waals surface area contributed by atoms with E-state index in [1.54, 1.807) is 4.90 Å². The standard InChI is InChI=1S/C20H28N2O4/c1-3-16(15-8-6-5-7-9-15)18(23)22-17(19(24)25)14-26-20(22)10-12-21(4-2)13-11-20/h5-9,16-17H,3-4,10-14H2,1-2H3,(H,24,25)/t16-,17+/m1/s1. The molecule has 1 spiro atoms. The van der Waals surface area contributed by atoms with Gasteiger partial charge in [-0.3, -0.25) is 9.69 Å². The van der Waals surface area contributed by atoms with Gasteiger partial charge in [-0.05, 0) is 18.5 Å². The average Bonchev–Trinajstić information content (AvgIpc) is 3.03.